The van der Waals surface area contributed by atoms with E-state index >= 15 is 0 Å². The molecule has 0 aliphatic carbocycles. The molecule has 10 nitrogen and oxygen atoms in total. The third kappa shape index (κ3) is 4.71. The molecule has 2 N–H and O–H groups in total. The van der Waals surface area contributed by atoms with Gasteiger partial charge in [-0.1, -0.05) is 0 Å². The molecule has 1 aromatic heterocycles. The van der Waals surface area contributed by atoms with Crippen LogP contribution in [0, 0.1) is 0 Å². The first-order valence-corrected chi connectivity index (χ1v) is 10.8. The molecule has 2 aliphatic rings. The van der Waals surface area contributed by atoms with E-state index in [0.717, 1.165) is 5.56 Å². The highest BCUT2D eigenvalue weighted by Crippen LogP contribution is 2.38. The van der Waals surface area contributed by atoms with E-state index in [1.807, 2.05) is 17.0 Å². The molecule has 176 valence electrons. The zero-order valence-electron chi connectivity index (χ0n) is 19.0. The van der Waals surface area contributed by atoms with E-state index < -0.39 is 0 Å². The van der Waals surface area contributed by atoms with Gasteiger partial charge in [-0.25, -0.2) is 10.9 Å². The standard InChI is InChI=1S/C23H29N5O5/c1-31-19-12-16(13-20(32-2)21(19)33-3)22(29)27-8-10-28(11-9-27)23(30)18-14-17(25-26-18)15-4-6-24-7-5-15/h4-7,12-13,17-18,25-26H,8-11,14H2,1-3H3. The molecular weight excluding hydrogens is 426 g/mol. The number of hydrazine groups is 1. The molecule has 10 heteroatoms. The Morgan fingerprint density at radius 3 is 2.09 bits per heavy atom. The lowest BCUT2D eigenvalue weighted by molar-refractivity contribution is -0.134. The van der Waals surface area contributed by atoms with E-state index in [1.165, 1.54) is 21.3 Å². The second kappa shape index (κ2) is 10.1. The normalized spacial score (nSPS) is 20.5. The number of carbonyl (C=O) groups excluding carboxylic acids is 2. The maximum absolute atomic E-state index is 13.1. The smallest absolute Gasteiger partial charge is 0.254 e. The van der Waals surface area contributed by atoms with Crippen LogP contribution >= 0.6 is 0 Å². The van der Waals surface area contributed by atoms with Gasteiger partial charge < -0.3 is 24.0 Å². The highest BCUT2D eigenvalue weighted by molar-refractivity contribution is 5.96. The highest BCUT2D eigenvalue weighted by Gasteiger charge is 2.35. The largest absolute Gasteiger partial charge is 0.493 e. The lowest BCUT2D eigenvalue weighted by Gasteiger charge is -2.36. The Labute approximate surface area is 192 Å². The first kappa shape index (κ1) is 22.8. The minimum absolute atomic E-state index is 0.0407. The van der Waals surface area contributed by atoms with Gasteiger partial charge in [0.15, 0.2) is 11.5 Å². The number of hydrogen-bond donors (Lipinski definition) is 2. The van der Waals surface area contributed by atoms with Crippen LogP contribution in [0.25, 0.3) is 0 Å². The summed E-state index contributed by atoms with van der Waals surface area (Å²) in [5.41, 5.74) is 7.86. The number of pyridine rings is 1. The fourth-order valence-corrected chi connectivity index (χ4v) is 4.27. The second-order valence-corrected chi connectivity index (χ2v) is 7.94. The molecule has 0 saturated carbocycles. The highest BCUT2D eigenvalue weighted by atomic mass is 16.5. The van der Waals surface area contributed by atoms with Crippen molar-refractivity contribution in [3.8, 4) is 17.2 Å². The molecule has 3 heterocycles. The minimum Gasteiger partial charge on any atom is -0.493 e. The molecule has 2 aromatic rings. The Bertz CT molecular complexity index is 969. The number of ether oxygens (including phenoxy) is 3. The summed E-state index contributed by atoms with van der Waals surface area (Å²) in [6.45, 7) is 1.87. The van der Waals surface area contributed by atoms with Gasteiger partial charge in [-0.05, 0) is 36.2 Å². The van der Waals surface area contributed by atoms with Gasteiger partial charge in [0, 0.05) is 50.2 Å². The molecule has 2 unspecified atom stereocenters. The van der Waals surface area contributed by atoms with E-state index in [0.29, 0.717) is 55.4 Å². The predicted molar refractivity (Wildman–Crippen MR) is 120 cm³/mol. The van der Waals surface area contributed by atoms with E-state index in [1.54, 1.807) is 29.4 Å². The Morgan fingerprint density at radius 2 is 1.52 bits per heavy atom. The zero-order valence-corrected chi connectivity index (χ0v) is 19.0. The molecule has 2 amide bonds. The number of rotatable bonds is 6. The van der Waals surface area contributed by atoms with Gasteiger partial charge >= 0.3 is 0 Å². The molecule has 2 aliphatic heterocycles. The number of methoxy groups -OCH3 is 3. The van der Waals surface area contributed by atoms with Crippen LogP contribution < -0.4 is 25.1 Å². The molecule has 0 bridgehead atoms. The van der Waals surface area contributed by atoms with Crippen LogP contribution in [0.15, 0.2) is 36.7 Å². The van der Waals surface area contributed by atoms with E-state index in [2.05, 4.69) is 15.8 Å². The lowest BCUT2D eigenvalue weighted by Crippen LogP contribution is -2.54. The Hall–Kier alpha value is -3.37. The first-order valence-electron chi connectivity index (χ1n) is 10.8. The van der Waals surface area contributed by atoms with Gasteiger partial charge in [-0.15, -0.1) is 0 Å². The molecule has 0 radical (unpaired) electrons. The average Bonchev–Trinajstić information content (AvgIpc) is 3.38. The Balaban J connectivity index is 1.36. The lowest BCUT2D eigenvalue weighted by atomic mass is 10.0. The monoisotopic (exact) mass is 455 g/mol. The summed E-state index contributed by atoms with van der Waals surface area (Å²) in [6.07, 6.45) is 4.15. The van der Waals surface area contributed by atoms with Crippen LogP contribution in [0.1, 0.15) is 28.4 Å². The second-order valence-electron chi connectivity index (χ2n) is 7.94. The van der Waals surface area contributed by atoms with Crippen molar-refractivity contribution in [1.82, 2.24) is 25.6 Å². The summed E-state index contributed by atoms with van der Waals surface area (Å²) in [7, 11) is 4.55. The molecular formula is C23H29N5O5. The Morgan fingerprint density at radius 1 is 0.909 bits per heavy atom. The van der Waals surface area contributed by atoms with Crippen LogP contribution in [0.5, 0.6) is 17.2 Å². The van der Waals surface area contributed by atoms with Crippen molar-refractivity contribution >= 4 is 11.8 Å². The van der Waals surface area contributed by atoms with Gasteiger partial charge in [0.25, 0.3) is 5.91 Å². The number of benzene rings is 1. The Kier molecular flexibility index (Phi) is 6.95. The number of piperazine rings is 1. The van der Waals surface area contributed by atoms with Crippen molar-refractivity contribution in [2.75, 3.05) is 47.5 Å². The molecule has 4 rings (SSSR count). The number of hydrogen-bond acceptors (Lipinski definition) is 8. The number of amides is 2. The maximum atomic E-state index is 13.1. The molecule has 1 aromatic carbocycles. The van der Waals surface area contributed by atoms with Crippen LogP contribution in [-0.2, 0) is 4.79 Å². The van der Waals surface area contributed by atoms with Crippen molar-refractivity contribution in [1.29, 1.82) is 0 Å². The van der Waals surface area contributed by atoms with Gasteiger partial charge in [0.1, 0.15) is 6.04 Å². The van der Waals surface area contributed by atoms with Gasteiger partial charge in [-0.3, -0.25) is 14.6 Å². The van der Waals surface area contributed by atoms with Crippen molar-refractivity contribution in [2.45, 2.75) is 18.5 Å². The summed E-state index contributed by atoms with van der Waals surface area (Å²) in [4.78, 5) is 33.7. The van der Waals surface area contributed by atoms with Crippen LogP contribution in [0.2, 0.25) is 0 Å². The van der Waals surface area contributed by atoms with Crippen molar-refractivity contribution in [3.63, 3.8) is 0 Å². The summed E-state index contributed by atoms with van der Waals surface area (Å²) < 4.78 is 16.0. The predicted octanol–water partition coefficient (Wildman–Crippen LogP) is 1.000. The van der Waals surface area contributed by atoms with Crippen molar-refractivity contribution in [3.05, 3.63) is 47.8 Å². The summed E-state index contributed by atoms with van der Waals surface area (Å²) in [5, 5.41) is 0. The quantitative estimate of drug-likeness (QED) is 0.665. The molecule has 2 fully saturated rings. The third-order valence-electron chi connectivity index (χ3n) is 6.10. The molecule has 33 heavy (non-hydrogen) atoms. The van der Waals surface area contributed by atoms with Gasteiger partial charge in [0.05, 0.1) is 21.3 Å². The van der Waals surface area contributed by atoms with Crippen LogP contribution in [-0.4, -0.2) is 80.1 Å². The number of aromatic nitrogens is 1. The maximum Gasteiger partial charge on any atom is 0.254 e. The van der Waals surface area contributed by atoms with E-state index in [4.69, 9.17) is 14.2 Å². The van der Waals surface area contributed by atoms with Gasteiger partial charge in [-0.2, -0.15) is 0 Å². The summed E-state index contributed by atoms with van der Waals surface area (Å²) in [6, 6.07) is 6.94. The fourth-order valence-electron chi connectivity index (χ4n) is 4.27. The van der Waals surface area contributed by atoms with Crippen LogP contribution in [0.4, 0.5) is 0 Å². The van der Waals surface area contributed by atoms with Gasteiger partial charge in [0.2, 0.25) is 11.7 Å². The minimum atomic E-state index is -0.305. The zero-order chi connectivity index (χ0) is 23.4. The topological polar surface area (TPSA) is 105 Å². The van der Waals surface area contributed by atoms with Crippen molar-refractivity contribution < 1.29 is 23.8 Å². The fraction of sp³-hybridized carbons (Fsp3) is 0.435. The van der Waals surface area contributed by atoms with Crippen LogP contribution in [0.3, 0.4) is 0 Å². The number of carbonyl (C=O) groups is 2. The average molecular weight is 456 g/mol. The third-order valence-corrected chi connectivity index (χ3v) is 6.10. The van der Waals surface area contributed by atoms with E-state index in [9.17, 15) is 9.59 Å². The first-order chi connectivity index (χ1) is 16.0. The summed E-state index contributed by atoms with van der Waals surface area (Å²) in [5.74, 6) is 1.20. The molecule has 2 atom stereocenters. The van der Waals surface area contributed by atoms with E-state index in [-0.39, 0.29) is 23.9 Å². The molecule has 0 spiro atoms. The SMILES string of the molecule is COc1cc(C(=O)N2CCN(C(=O)C3CC(c4ccncc4)NN3)CC2)cc(OC)c1OC. The summed E-state index contributed by atoms with van der Waals surface area (Å²) >= 11 is 0. The molecule has 2 saturated heterocycles. The number of nitrogens with one attached hydrogen (secondary N) is 2. The van der Waals surface area contributed by atoms with Crippen molar-refractivity contribution in [2.24, 2.45) is 0 Å². The number of nitrogens with zero attached hydrogens (tertiary/aromatic N) is 3.